The van der Waals surface area contributed by atoms with Crippen molar-refractivity contribution in [2.24, 2.45) is 0 Å². The van der Waals surface area contributed by atoms with E-state index in [4.69, 9.17) is 0 Å². The van der Waals surface area contributed by atoms with Gasteiger partial charge < -0.3 is 18.9 Å². The topological polar surface area (TPSA) is 16.3 Å². The largest absolute Gasteiger partial charge is 0.310 e. The van der Waals surface area contributed by atoms with Crippen LogP contribution < -0.4 is 26.2 Å². The molecule has 0 saturated carbocycles. The molecule has 0 saturated heterocycles. The number of hydrogen-bond acceptors (Lipinski definition) is 2. The summed E-state index contributed by atoms with van der Waals surface area (Å²) in [5, 5.41) is -0.987. The lowest BCUT2D eigenvalue weighted by Crippen LogP contribution is -2.61. The quantitative estimate of drug-likeness (QED) is 0.134. The van der Waals surface area contributed by atoms with Gasteiger partial charge in [0, 0.05) is 72.2 Å². The molecule has 2 aromatic heterocycles. The van der Waals surface area contributed by atoms with Crippen molar-refractivity contribution in [3.63, 3.8) is 0 Å². The maximum Gasteiger partial charge on any atom is 0.252 e. The zero-order valence-corrected chi connectivity index (χ0v) is 80.9. The number of anilines is 6. The average Bonchev–Trinajstić information content (AvgIpc) is 1.06. The Labute approximate surface area is 807 Å². The van der Waals surface area contributed by atoms with E-state index >= 15 is 0 Å². The summed E-state index contributed by atoms with van der Waals surface area (Å²) in [4.78, 5) is 3.95. The Kier molecular flexibility index (Phi) is 14.8. The minimum Gasteiger partial charge on any atom is -0.310 e. The standard InChI is InChI=1S/C124H135BN4/c1-115(2,3)81-52-47-76(48-53-81)96-69-88(122(22,23)24)71-98(80-63-86(120(16,17)18)67-87(64-80)121(19,20)21)113(96)129-109-73-90(126-104-43-35-31-39-92(104)93-40-32-36-44-105(93)126)57-60-103(109)125-102-59-51-78(79-61-84(118(10,11)12)66-85(62-79)119(13,14)15)65-108(102)128(110-74-91(75-111(129)112(110)125)127-106-45-37-33-41-94(106)95-42-34-38-46-107(95)127)114-97(77-49-54-82(55-50-77)116(4,5)6)70-89(123(25,26)27)72-100(114)99-68-83(117(7,8)9)56-58-101(99)124(28,29)30/h31-75H,1-30H3/i31D,32D,33D,34D,35D,36D,37D,38D,39D,40D,41D,42D,43D,44D,45D,46D,49D,50D,54D,55D,56D,58D,68D,70D,72D. The summed E-state index contributed by atoms with van der Waals surface area (Å²) in [7, 11) is 0. The average molecular weight is 1720 g/mol. The van der Waals surface area contributed by atoms with Crippen molar-refractivity contribution in [2.75, 3.05) is 9.80 Å². The molecule has 129 heavy (non-hydrogen) atoms. The zero-order chi connectivity index (χ0) is 114. The van der Waals surface area contributed by atoms with E-state index in [1.807, 2.05) is 104 Å². The maximum absolute atomic E-state index is 12.0. The first-order valence-corrected chi connectivity index (χ1v) is 45.4. The van der Waals surface area contributed by atoms with Crippen molar-refractivity contribution in [1.82, 2.24) is 9.13 Å². The lowest BCUT2D eigenvalue weighted by atomic mass is 9.33. The molecule has 5 heteroatoms. The van der Waals surface area contributed by atoms with Crippen molar-refractivity contribution in [3.8, 4) is 67.0 Å². The highest BCUT2D eigenvalue weighted by molar-refractivity contribution is 7.00. The van der Waals surface area contributed by atoms with E-state index in [-0.39, 0.29) is 141 Å². The van der Waals surface area contributed by atoms with Gasteiger partial charge in [-0.05, 0) is 238 Å². The second-order valence-corrected chi connectivity index (χ2v) is 46.2. The fourth-order valence-electron chi connectivity index (χ4n) is 18.3. The van der Waals surface area contributed by atoms with Crippen LogP contribution in [0.1, 0.15) is 298 Å². The van der Waals surface area contributed by atoms with Crippen LogP contribution in [0.4, 0.5) is 34.1 Å². The van der Waals surface area contributed by atoms with E-state index in [9.17, 15) is 34.3 Å². The highest BCUT2D eigenvalue weighted by atomic mass is 15.2. The Hall–Kier alpha value is -11.7. The van der Waals surface area contributed by atoms with Gasteiger partial charge in [-0.3, -0.25) is 0 Å². The number of hydrogen-bond donors (Lipinski definition) is 0. The van der Waals surface area contributed by atoms with Crippen LogP contribution >= 0.6 is 0 Å². The normalized spacial score (nSPS) is 16.5. The summed E-state index contributed by atoms with van der Waals surface area (Å²) in [6.07, 6.45) is 0. The Bertz CT molecular complexity index is 8550. The maximum atomic E-state index is 12.0. The third kappa shape index (κ3) is 15.7. The van der Waals surface area contributed by atoms with Crippen LogP contribution in [-0.4, -0.2) is 15.8 Å². The lowest BCUT2D eigenvalue weighted by Gasteiger charge is -2.46. The van der Waals surface area contributed by atoms with Gasteiger partial charge in [0.25, 0.3) is 6.71 Å². The number of benzene rings is 14. The van der Waals surface area contributed by atoms with Crippen LogP contribution in [0.3, 0.4) is 0 Å². The molecule has 0 bridgehead atoms. The number of fused-ring (bicyclic) bond motifs is 10. The van der Waals surface area contributed by atoms with E-state index in [0.717, 1.165) is 33.4 Å². The molecule has 18 rings (SSSR count). The molecule has 14 aromatic carbocycles. The SMILES string of the molecule is [2H]c1c([2H])c(C(C)(C)C)c([2H])c([2H])c1-c1c([2H])c(C(C)(C)C)c([2H])c(-c2c([2H])c(C(C)(C)C)c([2H])c([2H])c2C(C)(C)C)c1N1c2cc(-c3cc(C(C)(C)C)cc(C(C)(C)C)c3)ccc2B2c3ccc(-n4c5c([2H])c([2H])c([2H])c([2H])c5c5c([2H])c([2H])c([2H])c([2H])c54)cc3N(c3c(-c4ccc(C(C)(C)C)cc4)cc(C(C)(C)C)cc3-c3cc(C(C)(C)C)cc(C(C)(C)C)c3)c3cc(-n4c5c([2H])c([2H])c([2H])c([2H])c5c5c([2H])c([2H])c([2H])c([2H])c54)cc1c32. The molecule has 0 atom stereocenters. The summed E-state index contributed by atoms with van der Waals surface area (Å²) < 4.78 is 262. The Balaban J connectivity index is 1.23. The van der Waals surface area contributed by atoms with Gasteiger partial charge in [-0.2, -0.15) is 0 Å². The Morgan fingerprint density at radius 1 is 0.225 bits per heavy atom. The Morgan fingerprint density at radius 3 is 1.01 bits per heavy atom. The van der Waals surface area contributed by atoms with E-state index < -0.39 is 193 Å². The molecule has 2 aliphatic rings. The van der Waals surface area contributed by atoms with Gasteiger partial charge in [0.05, 0.1) is 73.4 Å². The minimum atomic E-state index is -1.31. The molecule has 16 aromatic rings. The van der Waals surface area contributed by atoms with Gasteiger partial charge in [0.2, 0.25) is 0 Å². The monoisotopic (exact) mass is 1720 g/mol. The van der Waals surface area contributed by atoms with Gasteiger partial charge in [-0.25, -0.2) is 0 Å². The highest BCUT2D eigenvalue weighted by Crippen LogP contribution is 2.58. The first-order chi connectivity index (χ1) is 70.7. The van der Waals surface area contributed by atoms with Crippen LogP contribution in [-0.2, 0) is 54.1 Å². The molecule has 2 aliphatic heterocycles. The molecule has 654 valence electrons. The number of nitrogens with zero attached hydrogens (tertiary/aromatic N) is 4. The molecular weight excluding hydrogens is 1560 g/mol. The first kappa shape index (κ1) is 62.6. The number of rotatable bonds is 9. The molecule has 0 amide bonds. The molecule has 0 fully saturated rings. The fraction of sp³-hybridized carbons (Fsp3) is 0.323. The van der Waals surface area contributed by atoms with Gasteiger partial charge in [0.15, 0.2) is 0 Å². The number of para-hydroxylation sites is 4. The highest BCUT2D eigenvalue weighted by Gasteiger charge is 2.48. The second kappa shape index (κ2) is 30.5. The van der Waals surface area contributed by atoms with Crippen molar-refractivity contribution in [3.05, 3.63) is 328 Å². The molecule has 4 heterocycles. The molecular formula is C124H135BN4. The van der Waals surface area contributed by atoms with Gasteiger partial charge in [-0.1, -0.05) is 401 Å². The van der Waals surface area contributed by atoms with Crippen LogP contribution in [0.5, 0.6) is 0 Å². The van der Waals surface area contributed by atoms with Crippen molar-refractivity contribution in [2.45, 2.75) is 262 Å². The minimum absolute atomic E-state index is 0.0164. The van der Waals surface area contributed by atoms with Crippen molar-refractivity contribution in [1.29, 1.82) is 0 Å². The predicted octanol–water partition coefficient (Wildman–Crippen LogP) is 33.3. The van der Waals surface area contributed by atoms with Crippen LogP contribution in [0.15, 0.2) is 272 Å². The summed E-state index contributed by atoms with van der Waals surface area (Å²) >= 11 is 0. The second-order valence-electron chi connectivity index (χ2n) is 46.2. The molecule has 0 spiro atoms. The predicted molar refractivity (Wildman–Crippen MR) is 563 cm³/mol. The summed E-state index contributed by atoms with van der Waals surface area (Å²) in [5.74, 6) is 0. The van der Waals surface area contributed by atoms with Crippen molar-refractivity contribution >= 4 is 101 Å². The van der Waals surface area contributed by atoms with Gasteiger partial charge in [0.1, 0.15) is 0 Å². The van der Waals surface area contributed by atoms with E-state index in [1.165, 1.54) is 9.13 Å². The third-order valence-corrected chi connectivity index (χ3v) is 26.0. The van der Waals surface area contributed by atoms with E-state index in [2.05, 4.69) is 202 Å². The molecule has 0 radical (unpaired) electrons. The summed E-state index contributed by atoms with van der Waals surface area (Å²) in [6.45, 7) is 59.3. The zero-order valence-electron chi connectivity index (χ0n) is 106. The third-order valence-electron chi connectivity index (χ3n) is 26.0. The summed E-state index contributed by atoms with van der Waals surface area (Å²) in [5.41, 5.74) is 2.23. The van der Waals surface area contributed by atoms with Crippen LogP contribution in [0.2, 0.25) is 0 Å². The van der Waals surface area contributed by atoms with Gasteiger partial charge >= 0.3 is 0 Å². The van der Waals surface area contributed by atoms with Crippen molar-refractivity contribution < 1.29 is 34.3 Å². The molecule has 0 N–H and O–H groups in total. The summed E-state index contributed by atoms with van der Waals surface area (Å²) in [6, 6.07) is 26.6. The smallest absolute Gasteiger partial charge is 0.252 e. The van der Waals surface area contributed by atoms with Crippen LogP contribution in [0.25, 0.3) is 111 Å². The molecule has 4 nitrogen and oxygen atoms in total. The first-order valence-electron chi connectivity index (χ1n) is 57.9. The van der Waals surface area contributed by atoms with Gasteiger partial charge in [-0.15, -0.1) is 0 Å². The molecule has 0 unspecified atom stereocenters. The van der Waals surface area contributed by atoms with E-state index in [1.54, 1.807) is 32.9 Å². The fourth-order valence-corrected chi connectivity index (χ4v) is 18.3. The lowest BCUT2D eigenvalue weighted by molar-refractivity contribution is 0.568. The Morgan fingerprint density at radius 2 is 0.574 bits per heavy atom. The van der Waals surface area contributed by atoms with Crippen LogP contribution in [0, 0.1) is 0 Å². The molecule has 0 aliphatic carbocycles. The van der Waals surface area contributed by atoms with E-state index in [0.29, 0.717) is 61.1 Å². The number of aromatic nitrogens is 2.